The number of amides is 1. The molecule has 0 aromatic heterocycles. The van der Waals surface area contributed by atoms with Gasteiger partial charge < -0.3 is 10.1 Å². The Morgan fingerprint density at radius 1 is 1.13 bits per heavy atom. The average Bonchev–Trinajstić information content (AvgIpc) is 2.50. The number of carbonyl (C=O) groups excluding carboxylic acids is 1. The van der Waals surface area contributed by atoms with Crippen molar-refractivity contribution in [1.29, 1.82) is 0 Å². The van der Waals surface area contributed by atoms with Gasteiger partial charge in [-0.25, -0.2) is 0 Å². The Kier molecular flexibility index (Phi) is 6.66. The fourth-order valence-corrected chi connectivity index (χ4v) is 3.29. The molecule has 0 unspecified atom stereocenters. The number of halogens is 2. The second-order valence-corrected chi connectivity index (χ2v) is 7.04. The maximum atomic E-state index is 12.0. The first-order chi connectivity index (χ1) is 11.0. The monoisotopic (exact) mass is 439 g/mol. The van der Waals surface area contributed by atoms with E-state index in [1.54, 1.807) is 0 Å². The highest BCUT2D eigenvalue weighted by Gasteiger charge is 2.09. The van der Waals surface area contributed by atoms with Crippen molar-refractivity contribution < 1.29 is 9.53 Å². The summed E-state index contributed by atoms with van der Waals surface area (Å²) in [6, 6.07) is 11.7. The molecule has 0 fully saturated rings. The van der Waals surface area contributed by atoms with Gasteiger partial charge in [-0.15, -0.1) is 0 Å². The largest absolute Gasteiger partial charge is 0.483 e. The number of hydrogen-bond donors (Lipinski definition) is 1. The topological polar surface area (TPSA) is 38.3 Å². The predicted molar refractivity (Wildman–Crippen MR) is 101 cm³/mol. The van der Waals surface area contributed by atoms with E-state index in [0.29, 0.717) is 5.75 Å². The molecule has 0 atom stereocenters. The van der Waals surface area contributed by atoms with Crippen LogP contribution in [0.1, 0.15) is 24.5 Å². The van der Waals surface area contributed by atoms with E-state index >= 15 is 0 Å². The number of benzene rings is 2. The Balaban J connectivity index is 1.94. The van der Waals surface area contributed by atoms with Crippen LogP contribution in [-0.2, 0) is 11.2 Å². The Hall–Kier alpha value is -1.33. The van der Waals surface area contributed by atoms with Crippen LogP contribution in [-0.4, -0.2) is 12.5 Å². The Morgan fingerprint density at radius 2 is 1.91 bits per heavy atom. The van der Waals surface area contributed by atoms with Gasteiger partial charge in [0.2, 0.25) is 0 Å². The van der Waals surface area contributed by atoms with Crippen LogP contribution in [0.3, 0.4) is 0 Å². The van der Waals surface area contributed by atoms with Gasteiger partial charge in [-0.3, -0.25) is 4.79 Å². The van der Waals surface area contributed by atoms with Crippen LogP contribution in [0.2, 0.25) is 0 Å². The van der Waals surface area contributed by atoms with Gasteiger partial charge in [0.05, 0.1) is 10.2 Å². The normalized spacial score (nSPS) is 10.4. The molecule has 0 heterocycles. The van der Waals surface area contributed by atoms with Crippen molar-refractivity contribution in [3.63, 3.8) is 0 Å². The average molecular weight is 441 g/mol. The first-order valence-corrected chi connectivity index (χ1v) is 9.05. The molecule has 0 aliphatic rings. The van der Waals surface area contributed by atoms with Gasteiger partial charge in [-0.05, 0) is 80.6 Å². The summed E-state index contributed by atoms with van der Waals surface area (Å²) in [5, 5.41) is 2.83. The minimum Gasteiger partial charge on any atom is -0.483 e. The molecule has 122 valence electrons. The number of nitrogens with one attached hydrogen (secondary N) is 1. The van der Waals surface area contributed by atoms with Crippen LogP contribution in [0, 0.1) is 6.92 Å². The third-order valence-electron chi connectivity index (χ3n) is 3.29. The first-order valence-electron chi connectivity index (χ1n) is 7.47. The Bertz CT molecular complexity index is 701. The highest BCUT2D eigenvalue weighted by Crippen LogP contribution is 2.27. The van der Waals surface area contributed by atoms with Crippen molar-refractivity contribution in [1.82, 2.24) is 0 Å². The fourth-order valence-electron chi connectivity index (χ4n) is 2.16. The lowest BCUT2D eigenvalue weighted by Crippen LogP contribution is -2.20. The van der Waals surface area contributed by atoms with E-state index in [1.807, 2.05) is 43.3 Å². The second-order valence-electron chi connectivity index (χ2n) is 5.33. The molecular formula is C18H19Br2NO2. The molecular weight excluding hydrogens is 422 g/mol. The number of aryl methyl sites for hydroxylation is 2. The summed E-state index contributed by atoms with van der Waals surface area (Å²) in [6.45, 7) is 4.11. The molecule has 1 N–H and O–H groups in total. The van der Waals surface area contributed by atoms with E-state index in [2.05, 4.69) is 44.1 Å². The molecule has 0 spiro atoms. The predicted octanol–water partition coefficient (Wildman–Crippen LogP) is 5.49. The first kappa shape index (κ1) is 18.0. The molecule has 0 aliphatic carbocycles. The zero-order chi connectivity index (χ0) is 16.8. The van der Waals surface area contributed by atoms with E-state index < -0.39 is 0 Å². The van der Waals surface area contributed by atoms with E-state index in [4.69, 9.17) is 4.74 Å². The van der Waals surface area contributed by atoms with Crippen LogP contribution in [0.25, 0.3) is 0 Å². The van der Waals surface area contributed by atoms with Gasteiger partial charge in [-0.2, -0.15) is 0 Å². The summed E-state index contributed by atoms with van der Waals surface area (Å²) in [5.74, 6) is 0.474. The summed E-state index contributed by atoms with van der Waals surface area (Å²) in [6.07, 6.45) is 2.13. The molecule has 1 amide bonds. The molecule has 0 bridgehead atoms. The third-order valence-corrected chi connectivity index (χ3v) is 4.57. The minimum absolute atomic E-state index is 0.0357. The van der Waals surface area contributed by atoms with E-state index in [1.165, 1.54) is 5.56 Å². The van der Waals surface area contributed by atoms with E-state index in [9.17, 15) is 4.79 Å². The molecule has 23 heavy (non-hydrogen) atoms. The van der Waals surface area contributed by atoms with Gasteiger partial charge in [0.25, 0.3) is 5.91 Å². The SMILES string of the molecule is CCCc1ccc(OCC(=O)Nc2ccc(C)cc2Br)c(Br)c1. The van der Waals surface area contributed by atoms with Crippen molar-refractivity contribution in [2.75, 3.05) is 11.9 Å². The van der Waals surface area contributed by atoms with E-state index in [-0.39, 0.29) is 12.5 Å². The standard InChI is InChI=1S/C18H19Br2NO2/c1-3-4-13-6-8-17(15(20)10-13)23-11-18(22)21-16-7-5-12(2)9-14(16)19/h5-10H,3-4,11H2,1-2H3,(H,21,22). The highest BCUT2D eigenvalue weighted by atomic mass is 79.9. The van der Waals surface area contributed by atoms with Crippen LogP contribution in [0.15, 0.2) is 45.3 Å². The minimum atomic E-state index is -0.195. The maximum absolute atomic E-state index is 12.0. The maximum Gasteiger partial charge on any atom is 0.262 e. The summed E-state index contributed by atoms with van der Waals surface area (Å²) >= 11 is 6.93. The second kappa shape index (κ2) is 8.50. The van der Waals surface area contributed by atoms with Gasteiger partial charge in [0.15, 0.2) is 6.61 Å². The van der Waals surface area contributed by atoms with Crippen LogP contribution in [0.4, 0.5) is 5.69 Å². The smallest absolute Gasteiger partial charge is 0.262 e. The molecule has 0 saturated carbocycles. The fraction of sp³-hybridized carbons (Fsp3) is 0.278. The molecule has 0 saturated heterocycles. The molecule has 2 aromatic rings. The zero-order valence-electron chi connectivity index (χ0n) is 13.2. The quantitative estimate of drug-likeness (QED) is 0.644. The highest BCUT2D eigenvalue weighted by molar-refractivity contribution is 9.11. The lowest BCUT2D eigenvalue weighted by atomic mass is 10.1. The number of hydrogen-bond acceptors (Lipinski definition) is 2. The lowest BCUT2D eigenvalue weighted by molar-refractivity contribution is -0.118. The zero-order valence-corrected chi connectivity index (χ0v) is 16.3. The molecule has 2 aromatic carbocycles. The third kappa shape index (κ3) is 5.36. The van der Waals surface area contributed by atoms with E-state index in [0.717, 1.165) is 33.0 Å². The van der Waals surface area contributed by atoms with Gasteiger partial charge in [-0.1, -0.05) is 25.5 Å². The summed E-state index contributed by atoms with van der Waals surface area (Å²) in [4.78, 5) is 12.0. The molecule has 2 rings (SSSR count). The van der Waals surface area contributed by atoms with Crippen molar-refractivity contribution >= 4 is 43.5 Å². The summed E-state index contributed by atoms with van der Waals surface area (Å²) in [7, 11) is 0. The molecule has 3 nitrogen and oxygen atoms in total. The van der Waals surface area contributed by atoms with Crippen molar-refractivity contribution in [3.05, 3.63) is 56.5 Å². The Morgan fingerprint density at radius 3 is 2.57 bits per heavy atom. The number of ether oxygens (including phenoxy) is 1. The van der Waals surface area contributed by atoms with Gasteiger partial charge >= 0.3 is 0 Å². The molecule has 0 radical (unpaired) electrons. The molecule has 0 aliphatic heterocycles. The number of anilines is 1. The number of carbonyl (C=O) groups is 1. The van der Waals surface area contributed by atoms with Crippen LogP contribution in [0.5, 0.6) is 5.75 Å². The van der Waals surface area contributed by atoms with Crippen LogP contribution < -0.4 is 10.1 Å². The van der Waals surface area contributed by atoms with Crippen LogP contribution >= 0.6 is 31.9 Å². The van der Waals surface area contributed by atoms with Crippen molar-refractivity contribution in [2.24, 2.45) is 0 Å². The summed E-state index contributed by atoms with van der Waals surface area (Å²) in [5.41, 5.74) is 3.11. The van der Waals surface area contributed by atoms with Gasteiger partial charge in [0.1, 0.15) is 5.75 Å². The van der Waals surface area contributed by atoms with Gasteiger partial charge in [0, 0.05) is 4.47 Å². The summed E-state index contributed by atoms with van der Waals surface area (Å²) < 4.78 is 7.32. The lowest BCUT2D eigenvalue weighted by Gasteiger charge is -2.11. The Labute approximate surface area is 153 Å². The van der Waals surface area contributed by atoms with Crippen molar-refractivity contribution in [2.45, 2.75) is 26.7 Å². The molecule has 5 heteroatoms. The number of rotatable bonds is 6. The van der Waals surface area contributed by atoms with Crippen molar-refractivity contribution in [3.8, 4) is 5.75 Å².